The minimum Gasteiger partial charge on any atom is -0.313 e. The van der Waals surface area contributed by atoms with Crippen LogP contribution in [0.25, 0.3) is 0 Å². The van der Waals surface area contributed by atoms with Crippen LogP contribution in [-0.2, 0) is 16.6 Å². The van der Waals surface area contributed by atoms with Gasteiger partial charge in [0.15, 0.2) is 11.6 Å². The van der Waals surface area contributed by atoms with Crippen molar-refractivity contribution in [3.05, 3.63) is 35.4 Å². The zero-order chi connectivity index (χ0) is 12.9. The number of halogens is 2. The van der Waals surface area contributed by atoms with Crippen LogP contribution < -0.4 is 10.5 Å². The Labute approximate surface area is 98.9 Å². The first-order valence-corrected chi connectivity index (χ1v) is 6.75. The molecule has 96 valence electrons. The molecule has 0 atom stereocenters. The van der Waals surface area contributed by atoms with E-state index in [1.165, 1.54) is 6.07 Å². The second kappa shape index (κ2) is 6.04. The highest BCUT2D eigenvalue weighted by molar-refractivity contribution is 7.89. The van der Waals surface area contributed by atoms with Gasteiger partial charge >= 0.3 is 0 Å². The van der Waals surface area contributed by atoms with Crippen LogP contribution in [0.15, 0.2) is 18.2 Å². The van der Waals surface area contributed by atoms with Crippen LogP contribution >= 0.6 is 0 Å². The molecular formula is C10H14F2N2O2S. The van der Waals surface area contributed by atoms with Gasteiger partial charge in [-0.3, -0.25) is 0 Å². The Morgan fingerprint density at radius 2 is 1.94 bits per heavy atom. The first-order valence-electron chi connectivity index (χ1n) is 5.03. The number of rotatable bonds is 6. The summed E-state index contributed by atoms with van der Waals surface area (Å²) in [6.45, 7) is 0.789. The predicted octanol–water partition coefficient (Wildman–Crippen LogP) is 0.733. The van der Waals surface area contributed by atoms with Crippen LogP contribution in [0.1, 0.15) is 12.0 Å². The molecule has 0 saturated heterocycles. The van der Waals surface area contributed by atoms with E-state index in [-0.39, 0.29) is 5.75 Å². The quantitative estimate of drug-likeness (QED) is 0.744. The third kappa shape index (κ3) is 5.71. The van der Waals surface area contributed by atoms with Crippen LogP contribution in [0.4, 0.5) is 8.78 Å². The maximum atomic E-state index is 12.8. The summed E-state index contributed by atoms with van der Waals surface area (Å²) in [6.07, 6.45) is 0.377. The summed E-state index contributed by atoms with van der Waals surface area (Å²) < 4.78 is 46.6. The van der Waals surface area contributed by atoms with E-state index in [0.29, 0.717) is 25.1 Å². The zero-order valence-corrected chi connectivity index (χ0v) is 9.93. The summed E-state index contributed by atoms with van der Waals surface area (Å²) >= 11 is 0. The molecule has 1 aromatic rings. The average molecular weight is 264 g/mol. The standard InChI is InChI=1S/C10H14F2N2O2S/c11-9-3-2-8(6-10(9)12)7-14-4-1-5-17(13,15)16/h2-3,6,14H,1,4-5,7H2,(H2,13,15,16). The molecule has 0 amide bonds. The number of nitrogens with two attached hydrogens (primary N) is 1. The molecule has 3 N–H and O–H groups in total. The Morgan fingerprint density at radius 3 is 2.53 bits per heavy atom. The third-order valence-corrected chi connectivity index (χ3v) is 2.95. The van der Waals surface area contributed by atoms with Crippen LogP contribution in [-0.4, -0.2) is 20.7 Å². The lowest BCUT2D eigenvalue weighted by Gasteiger charge is -2.04. The summed E-state index contributed by atoms with van der Waals surface area (Å²) in [7, 11) is -3.43. The van der Waals surface area contributed by atoms with Crippen molar-refractivity contribution in [2.75, 3.05) is 12.3 Å². The summed E-state index contributed by atoms with van der Waals surface area (Å²) in [5.74, 6) is -1.88. The molecular weight excluding hydrogens is 250 g/mol. The van der Waals surface area contributed by atoms with Gasteiger partial charge in [0.2, 0.25) is 10.0 Å². The molecule has 1 aromatic carbocycles. The highest BCUT2D eigenvalue weighted by atomic mass is 32.2. The van der Waals surface area contributed by atoms with Gasteiger partial charge < -0.3 is 5.32 Å². The lowest BCUT2D eigenvalue weighted by atomic mass is 10.2. The molecule has 0 aromatic heterocycles. The van der Waals surface area contributed by atoms with E-state index >= 15 is 0 Å². The van der Waals surface area contributed by atoms with Crippen LogP contribution in [0.5, 0.6) is 0 Å². The molecule has 0 bridgehead atoms. The van der Waals surface area contributed by atoms with Gasteiger partial charge in [-0.2, -0.15) is 0 Å². The molecule has 0 saturated carbocycles. The number of sulfonamides is 1. The highest BCUT2D eigenvalue weighted by Crippen LogP contribution is 2.08. The molecule has 0 aliphatic carbocycles. The fourth-order valence-electron chi connectivity index (χ4n) is 1.28. The molecule has 0 aliphatic rings. The monoisotopic (exact) mass is 264 g/mol. The minimum atomic E-state index is -3.43. The summed E-state index contributed by atoms with van der Waals surface area (Å²) in [5.41, 5.74) is 0.597. The second-order valence-electron chi connectivity index (χ2n) is 3.65. The molecule has 0 unspecified atom stereocenters. The number of hydrogen-bond acceptors (Lipinski definition) is 3. The van der Waals surface area contributed by atoms with Crippen molar-refractivity contribution in [3.63, 3.8) is 0 Å². The van der Waals surface area contributed by atoms with E-state index in [1.54, 1.807) is 0 Å². The van der Waals surface area contributed by atoms with E-state index in [9.17, 15) is 17.2 Å². The van der Waals surface area contributed by atoms with Crippen molar-refractivity contribution in [1.82, 2.24) is 5.32 Å². The molecule has 1 rings (SSSR count). The third-order valence-electron chi connectivity index (χ3n) is 2.10. The second-order valence-corrected chi connectivity index (χ2v) is 5.38. The molecule has 0 radical (unpaired) electrons. The molecule has 17 heavy (non-hydrogen) atoms. The average Bonchev–Trinajstić information content (AvgIpc) is 2.21. The maximum Gasteiger partial charge on any atom is 0.209 e. The number of hydrogen-bond donors (Lipinski definition) is 2. The van der Waals surface area contributed by atoms with E-state index in [2.05, 4.69) is 5.32 Å². The van der Waals surface area contributed by atoms with Crippen LogP contribution in [0, 0.1) is 11.6 Å². The van der Waals surface area contributed by atoms with Crippen LogP contribution in [0.3, 0.4) is 0 Å². The Kier molecular flexibility index (Phi) is 4.98. The molecule has 0 aliphatic heterocycles. The van der Waals surface area contributed by atoms with Crippen molar-refractivity contribution < 1.29 is 17.2 Å². The number of nitrogens with one attached hydrogen (secondary N) is 1. The van der Waals surface area contributed by atoms with Gasteiger partial charge in [-0.05, 0) is 30.7 Å². The molecule has 0 heterocycles. The number of benzene rings is 1. The number of primary sulfonamides is 1. The van der Waals surface area contributed by atoms with E-state index < -0.39 is 21.7 Å². The van der Waals surface area contributed by atoms with Gasteiger partial charge in [0.25, 0.3) is 0 Å². The summed E-state index contributed by atoms with van der Waals surface area (Å²) in [6, 6.07) is 3.61. The van der Waals surface area contributed by atoms with E-state index in [4.69, 9.17) is 5.14 Å². The van der Waals surface area contributed by atoms with E-state index in [1.807, 2.05) is 0 Å². The first-order chi connectivity index (χ1) is 7.88. The molecule has 4 nitrogen and oxygen atoms in total. The predicted molar refractivity (Wildman–Crippen MR) is 60.7 cm³/mol. The minimum absolute atomic E-state index is 0.0994. The Hall–Kier alpha value is -1.05. The first kappa shape index (κ1) is 14.0. The fourth-order valence-corrected chi connectivity index (χ4v) is 1.83. The van der Waals surface area contributed by atoms with Gasteiger partial charge in [0.1, 0.15) is 0 Å². The van der Waals surface area contributed by atoms with Crippen molar-refractivity contribution in [3.8, 4) is 0 Å². The maximum absolute atomic E-state index is 12.8. The van der Waals surface area contributed by atoms with Crippen LogP contribution in [0.2, 0.25) is 0 Å². The Bertz CT molecular complexity index is 477. The van der Waals surface area contributed by atoms with Gasteiger partial charge in [0, 0.05) is 6.54 Å². The lowest BCUT2D eigenvalue weighted by Crippen LogP contribution is -2.22. The Balaban J connectivity index is 2.29. The van der Waals surface area contributed by atoms with Gasteiger partial charge in [0.05, 0.1) is 5.75 Å². The van der Waals surface area contributed by atoms with Crippen molar-refractivity contribution >= 4 is 10.0 Å². The molecule has 0 fully saturated rings. The Morgan fingerprint density at radius 1 is 1.24 bits per heavy atom. The highest BCUT2D eigenvalue weighted by Gasteiger charge is 2.03. The summed E-state index contributed by atoms with van der Waals surface area (Å²) in [5, 5.41) is 7.73. The molecule has 7 heteroatoms. The normalized spacial score (nSPS) is 11.7. The van der Waals surface area contributed by atoms with Crippen molar-refractivity contribution in [1.29, 1.82) is 0 Å². The lowest BCUT2D eigenvalue weighted by molar-refractivity contribution is 0.506. The zero-order valence-electron chi connectivity index (χ0n) is 9.12. The smallest absolute Gasteiger partial charge is 0.209 e. The van der Waals surface area contributed by atoms with Gasteiger partial charge in [-0.15, -0.1) is 0 Å². The molecule has 0 spiro atoms. The SMILES string of the molecule is NS(=O)(=O)CCCNCc1ccc(F)c(F)c1. The fraction of sp³-hybridized carbons (Fsp3) is 0.400. The van der Waals surface area contributed by atoms with Crippen molar-refractivity contribution in [2.45, 2.75) is 13.0 Å². The van der Waals surface area contributed by atoms with Gasteiger partial charge in [-0.1, -0.05) is 6.07 Å². The van der Waals surface area contributed by atoms with Crippen molar-refractivity contribution in [2.24, 2.45) is 5.14 Å². The van der Waals surface area contributed by atoms with Gasteiger partial charge in [-0.25, -0.2) is 22.3 Å². The largest absolute Gasteiger partial charge is 0.313 e. The topological polar surface area (TPSA) is 72.2 Å². The van der Waals surface area contributed by atoms with E-state index in [0.717, 1.165) is 12.1 Å². The summed E-state index contributed by atoms with van der Waals surface area (Å²) in [4.78, 5) is 0.